The predicted molar refractivity (Wildman–Crippen MR) is 94.1 cm³/mol. The number of likely N-dealkylation sites (N-methyl/N-ethyl adjacent to an activating group) is 1. The molecule has 5 nitrogen and oxygen atoms in total. The summed E-state index contributed by atoms with van der Waals surface area (Å²) in [5.41, 5.74) is 1.21. The molecule has 126 valence electrons. The number of H-pyrrole nitrogens is 1. The molecule has 2 aromatic rings. The molecule has 0 fully saturated rings. The number of hydrogen-bond acceptors (Lipinski definition) is 5. The zero-order valence-corrected chi connectivity index (χ0v) is 14.9. The van der Waals surface area contributed by atoms with Gasteiger partial charge in [0.1, 0.15) is 10.7 Å². The molecule has 0 unspecified atom stereocenters. The molecule has 0 aliphatic heterocycles. The summed E-state index contributed by atoms with van der Waals surface area (Å²) in [5.74, 6) is 1.38. The number of aromatic nitrogens is 2. The zero-order chi connectivity index (χ0) is 16.6. The van der Waals surface area contributed by atoms with Gasteiger partial charge in [0.25, 0.3) is 5.56 Å². The lowest BCUT2D eigenvalue weighted by Crippen LogP contribution is -2.31. The van der Waals surface area contributed by atoms with Crippen LogP contribution in [0.3, 0.4) is 0 Å². The van der Waals surface area contributed by atoms with Crippen molar-refractivity contribution in [2.75, 3.05) is 13.1 Å². The SMILES string of the molecule is CCN(Cc1nc2sc3c(c2c(=O)[nH]1)CC[C@@H](C)C3)C[C@H](C)O. The van der Waals surface area contributed by atoms with Gasteiger partial charge in [0.05, 0.1) is 18.0 Å². The number of aliphatic hydroxyl groups excluding tert-OH is 1. The second kappa shape index (κ2) is 6.71. The van der Waals surface area contributed by atoms with Crippen molar-refractivity contribution in [2.24, 2.45) is 5.92 Å². The van der Waals surface area contributed by atoms with Crippen LogP contribution in [0.4, 0.5) is 0 Å². The van der Waals surface area contributed by atoms with E-state index in [1.807, 2.05) is 6.92 Å². The van der Waals surface area contributed by atoms with Crippen LogP contribution in [-0.4, -0.2) is 39.2 Å². The van der Waals surface area contributed by atoms with E-state index in [1.54, 1.807) is 18.3 Å². The Morgan fingerprint density at radius 3 is 3.00 bits per heavy atom. The molecule has 0 spiro atoms. The molecule has 0 radical (unpaired) electrons. The molecule has 2 aromatic heterocycles. The first-order valence-corrected chi connectivity index (χ1v) is 9.23. The second-order valence-corrected chi connectivity index (χ2v) is 7.80. The highest BCUT2D eigenvalue weighted by atomic mass is 32.1. The van der Waals surface area contributed by atoms with Gasteiger partial charge in [0.2, 0.25) is 0 Å². The normalized spacial score (nSPS) is 19.3. The van der Waals surface area contributed by atoms with Crippen molar-refractivity contribution in [3.63, 3.8) is 0 Å². The lowest BCUT2D eigenvalue weighted by Gasteiger charge is -2.21. The monoisotopic (exact) mass is 335 g/mol. The van der Waals surface area contributed by atoms with E-state index in [4.69, 9.17) is 4.98 Å². The molecule has 0 saturated heterocycles. The Bertz CT molecular complexity index is 750. The van der Waals surface area contributed by atoms with Gasteiger partial charge in [-0.2, -0.15) is 0 Å². The van der Waals surface area contributed by atoms with Crippen LogP contribution < -0.4 is 5.56 Å². The van der Waals surface area contributed by atoms with Gasteiger partial charge in [-0.25, -0.2) is 4.98 Å². The summed E-state index contributed by atoms with van der Waals surface area (Å²) in [5, 5.41) is 10.4. The number of aliphatic hydroxyl groups is 1. The third-order valence-corrected chi connectivity index (χ3v) is 5.71. The summed E-state index contributed by atoms with van der Waals surface area (Å²) in [7, 11) is 0. The van der Waals surface area contributed by atoms with Crippen molar-refractivity contribution in [1.82, 2.24) is 14.9 Å². The number of fused-ring (bicyclic) bond motifs is 3. The summed E-state index contributed by atoms with van der Waals surface area (Å²) in [6.07, 6.45) is 2.82. The van der Waals surface area contributed by atoms with E-state index in [-0.39, 0.29) is 11.7 Å². The van der Waals surface area contributed by atoms with Crippen LogP contribution in [0, 0.1) is 5.92 Å². The fourth-order valence-electron chi connectivity index (χ4n) is 3.36. The van der Waals surface area contributed by atoms with Gasteiger partial charge in [0.15, 0.2) is 0 Å². The smallest absolute Gasteiger partial charge is 0.259 e. The van der Waals surface area contributed by atoms with Crippen LogP contribution in [0.5, 0.6) is 0 Å². The average molecular weight is 335 g/mol. The number of thiophene rings is 1. The number of aryl methyl sites for hydroxylation is 1. The van der Waals surface area contributed by atoms with Crippen LogP contribution in [0.1, 0.15) is 43.5 Å². The van der Waals surface area contributed by atoms with Crippen LogP contribution in [0.25, 0.3) is 10.2 Å². The average Bonchev–Trinajstić information content (AvgIpc) is 2.83. The fourth-order valence-corrected chi connectivity index (χ4v) is 4.76. The molecule has 2 atom stereocenters. The maximum atomic E-state index is 12.5. The van der Waals surface area contributed by atoms with Gasteiger partial charge in [-0.05, 0) is 44.2 Å². The van der Waals surface area contributed by atoms with Crippen LogP contribution >= 0.6 is 11.3 Å². The summed E-state index contributed by atoms with van der Waals surface area (Å²) in [4.78, 5) is 24.5. The van der Waals surface area contributed by atoms with Gasteiger partial charge in [-0.1, -0.05) is 13.8 Å². The summed E-state index contributed by atoms with van der Waals surface area (Å²) in [6.45, 7) is 8.04. The third kappa shape index (κ3) is 3.49. The highest BCUT2D eigenvalue weighted by molar-refractivity contribution is 7.18. The van der Waals surface area contributed by atoms with Crippen molar-refractivity contribution in [2.45, 2.75) is 52.7 Å². The van der Waals surface area contributed by atoms with Crippen LogP contribution in [0.15, 0.2) is 4.79 Å². The van der Waals surface area contributed by atoms with E-state index in [0.29, 0.717) is 24.8 Å². The first-order chi connectivity index (χ1) is 11.0. The van der Waals surface area contributed by atoms with E-state index in [0.717, 1.165) is 36.0 Å². The molecule has 0 bridgehead atoms. The number of aromatic amines is 1. The topological polar surface area (TPSA) is 69.2 Å². The Hall–Kier alpha value is -1.24. The Morgan fingerprint density at radius 1 is 1.52 bits per heavy atom. The van der Waals surface area contributed by atoms with E-state index >= 15 is 0 Å². The Labute approximate surface area is 140 Å². The minimum absolute atomic E-state index is 0.00912. The van der Waals surface area contributed by atoms with Gasteiger partial charge in [-0.3, -0.25) is 9.69 Å². The molecule has 3 rings (SSSR count). The molecule has 2 heterocycles. The van der Waals surface area contributed by atoms with E-state index in [2.05, 4.69) is 16.8 Å². The number of hydrogen-bond donors (Lipinski definition) is 2. The first kappa shape index (κ1) is 16.6. The van der Waals surface area contributed by atoms with Gasteiger partial charge in [-0.15, -0.1) is 11.3 Å². The van der Waals surface area contributed by atoms with Gasteiger partial charge in [0, 0.05) is 11.4 Å². The largest absolute Gasteiger partial charge is 0.392 e. The Kier molecular flexibility index (Phi) is 4.85. The molecule has 0 saturated carbocycles. The quantitative estimate of drug-likeness (QED) is 0.880. The molecule has 6 heteroatoms. The van der Waals surface area contributed by atoms with E-state index in [9.17, 15) is 9.90 Å². The van der Waals surface area contributed by atoms with Gasteiger partial charge >= 0.3 is 0 Å². The minimum Gasteiger partial charge on any atom is -0.392 e. The van der Waals surface area contributed by atoms with Gasteiger partial charge < -0.3 is 10.1 Å². The number of rotatable bonds is 5. The van der Waals surface area contributed by atoms with Crippen molar-refractivity contribution in [1.29, 1.82) is 0 Å². The summed E-state index contributed by atoms with van der Waals surface area (Å²) >= 11 is 1.68. The Balaban J connectivity index is 1.94. The van der Waals surface area contributed by atoms with Crippen molar-refractivity contribution < 1.29 is 5.11 Å². The van der Waals surface area contributed by atoms with E-state index in [1.165, 1.54) is 10.4 Å². The molecule has 23 heavy (non-hydrogen) atoms. The maximum Gasteiger partial charge on any atom is 0.259 e. The fraction of sp³-hybridized carbons (Fsp3) is 0.647. The summed E-state index contributed by atoms with van der Waals surface area (Å²) in [6, 6.07) is 0. The third-order valence-electron chi connectivity index (χ3n) is 4.56. The lowest BCUT2D eigenvalue weighted by molar-refractivity contribution is 0.124. The zero-order valence-electron chi connectivity index (χ0n) is 14.1. The molecular formula is C17H25N3O2S. The molecule has 0 amide bonds. The van der Waals surface area contributed by atoms with Crippen molar-refractivity contribution in [3.05, 3.63) is 26.6 Å². The minimum atomic E-state index is -0.388. The second-order valence-electron chi connectivity index (χ2n) is 6.72. The predicted octanol–water partition coefficient (Wildman–Crippen LogP) is 2.31. The number of nitrogens with one attached hydrogen (secondary N) is 1. The maximum absolute atomic E-state index is 12.5. The molecule has 1 aliphatic carbocycles. The van der Waals surface area contributed by atoms with E-state index < -0.39 is 0 Å². The highest BCUT2D eigenvalue weighted by Gasteiger charge is 2.23. The van der Waals surface area contributed by atoms with Crippen LogP contribution in [0.2, 0.25) is 0 Å². The highest BCUT2D eigenvalue weighted by Crippen LogP contribution is 2.35. The number of nitrogens with zero attached hydrogens (tertiary/aromatic N) is 2. The molecule has 0 aromatic carbocycles. The molecule has 2 N–H and O–H groups in total. The van der Waals surface area contributed by atoms with Crippen molar-refractivity contribution >= 4 is 21.6 Å². The Morgan fingerprint density at radius 2 is 2.30 bits per heavy atom. The molecule has 1 aliphatic rings. The summed E-state index contributed by atoms with van der Waals surface area (Å²) < 4.78 is 0. The van der Waals surface area contributed by atoms with Crippen LogP contribution in [-0.2, 0) is 19.4 Å². The lowest BCUT2D eigenvalue weighted by atomic mass is 9.89. The van der Waals surface area contributed by atoms with Crippen molar-refractivity contribution in [3.8, 4) is 0 Å². The first-order valence-electron chi connectivity index (χ1n) is 8.41. The molecular weight excluding hydrogens is 310 g/mol. The standard InChI is InChI=1S/C17H25N3O2S/c1-4-20(8-11(3)21)9-14-18-16(22)15-12-6-5-10(2)7-13(12)23-17(15)19-14/h10-11,21H,4-9H2,1-3H3,(H,18,19,22)/t10-,11+/m1/s1.